The summed E-state index contributed by atoms with van der Waals surface area (Å²) in [7, 11) is 0. The number of esters is 1. The molecular weight excluding hydrogens is 360 g/mol. The fourth-order valence-corrected chi connectivity index (χ4v) is 3.57. The summed E-state index contributed by atoms with van der Waals surface area (Å²) in [5, 5.41) is -0.498. The Morgan fingerprint density at radius 1 is 1.35 bits per heavy atom. The molecule has 0 N–H and O–H groups in total. The maximum absolute atomic E-state index is 12.5. The Bertz CT molecular complexity index is 737. The largest absolute Gasteiger partial charge is 0.464 e. The number of carbonyl (C=O) groups is 3. The van der Waals surface area contributed by atoms with Crippen molar-refractivity contribution in [1.82, 2.24) is 4.90 Å². The molecule has 26 heavy (non-hydrogen) atoms. The minimum Gasteiger partial charge on any atom is -0.464 e. The highest BCUT2D eigenvalue weighted by Crippen LogP contribution is 2.34. The molecule has 3 rings (SSSR count). The fourth-order valence-electron chi connectivity index (χ4n) is 2.68. The first-order valence-electron chi connectivity index (χ1n) is 8.37. The molecule has 140 valence electrons. The number of furan rings is 1. The van der Waals surface area contributed by atoms with Gasteiger partial charge in [-0.2, -0.15) is 0 Å². The lowest BCUT2D eigenvalue weighted by molar-refractivity contribution is -0.150. The zero-order valence-electron chi connectivity index (χ0n) is 14.6. The average Bonchev–Trinajstić information content (AvgIpc) is 3.20. The predicted molar refractivity (Wildman–Crippen MR) is 95.6 cm³/mol. The monoisotopic (exact) mass is 380 g/mol. The molecule has 8 nitrogen and oxygen atoms in total. The van der Waals surface area contributed by atoms with E-state index in [1.165, 1.54) is 13.0 Å². The molecule has 1 aromatic rings. The topological polar surface area (TPSA) is 89.3 Å². The number of hydrogen-bond acceptors (Lipinski definition) is 8. The molecule has 0 bridgehead atoms. The third kappa shape index (κ3) is 3.78. The van der Waals surface area contributed by atoms with Gasteiger partial charge in [0.05, 0.1) is 24.7 Å². The van der Waals surface area contributed by atoms with Gasteiger partial charge in [-0.15, -0.1) is 0 Å². The zero-order chi connectivity index (χ0) is 18.7. The van der Waals surface area contributed by atoms with E-state index in [1.54, 1.807) is 13.0 Å². The lowest BCUT2D eigenvalue weighted by Crippen LogP contribution is -2.42. The first-order chi connectivity index (χ1) is 12.5. The van der Waals surface area contributed by atoms with E-state index in [0.29, 0.717) is 24.9 Å². The van der Waals surface area contributed by atoms with Gasteiger partial charge >= 0.3 is 5.97 Å². The van der Waals surface area contributed by atoms with Crippen LogP contribution in [0.1, 0.15) is 19.6 Å². The van der Waals surface area contributed by atoms with Gasteiger partial charge in [-0.1, -0.05) is 0 Å². The number of ether oxygens (including phenoxy) is 2. The van der Waals surface area contributed by atoms with Crippen LogP contribution in [0.2, 0.25) is 0 Å². The summed E-state index contributed by atoms with van der Waals surface area (Å²) in [6.07, 6.45) is 1.52. The summed E-state index contributed by atoms with van der Waals surface area (Å²) in [6, 6.07) is 2.60. The van der Waals surface area contributed by atoms with Crippen molar-refractivity contribution in [1.29, 1.82) is 0 Å². The van der Waals surface area contributed by atoms with Crippen LogP contribution < -0.4 is 4.90 Å². The van der Waals surface area contributed by atoms with Gasteiger partial charge in [-0.25, -0.2) is 4.79 Å². The molecule has 2 fully saturated rings. The summed E-state index contributed by atoms with van der Waals surface area (Å²) in [4.78, 5) is 39.7. The van der Waals surface area contributed by atoms with Crippen molar-refractivity contribution < 1.29 is 28.3 Å². The molecule has 9 heteroatoms. The molecule has 0 aromatic carbocycles. The van der Waals surface area contributed by atoms with E-state index in [0.717, 1.165) is 29.8 Å². The smallest absolute Gasteiger partial charge is 0.329 e. The van der Waals surface area contributed by atoms with Crippen LogP contribution in [0.5, 0.6) is 0 Å². The first kappa shape index (κ1) is 18.5. The Labute approximate surface area is 155 Å². The number of hydrogen-bond donors (Lipinski definition) is 0. The van der Waals surface area contributed by atoms with Gasteiger partial charge in [0.2, 0.25) is 0 Å². The van der Waals surface area contributed by atoms with Crippen molar-refractivity contribution >= 4 is 40.8 Å². The molecular formula is C17H20N2O6S. The molecule has 1 atom stereocenters. The van der Waals surface area contributed by atoms with E-state index >= 15 is 0 Å². The van der Waals surface area contributed by atoms with Gasteiger partial charge in [-0.3, -0.25) is 14.5 Å². The van der Waals surface area contributed by atoms with Crippen LogP contribution in [-0.4, -0.2) is 61.0 Å². The molecule has 2 saturated heterocycles. The molecule has 2 amide bonds. The molecule has 2 aliphatic heterocycles. The van der Waals surface area contributed by atoms with Gasteiger partial charge in [0.25, 0.3) is 11.1 Å². The average molecular weight is 380 g/mol. The zero-order valence-corrected chi connectivity index (χ0v) is 15.4. The number of carbonyl (C=O) groups excluding carboxylic acids is 3. The molecule has 2 aliphatic rings. The molecule has 1 unspecified atom stereocenters. The van der Waals surface area contributed by atoms with E-state index in [-0.39, 0.29) is 11.5 Å². The van der Waals surface area contributed by atoms with Gasteiger partial charge in [-0.05, 0) is 31.7 Å². The Balaban J connectivity index is 1.73. The van der Waals surface area contributed by atoms with Crippen LogP contribution in [0, 0.1) is 0 Å². The van der Waals surface area contributed by atoms with Crippen molar-refractivity contribution in [2.75, 3.05) is 37.8 Å². The van der Waals surface area contributed by atoms with Crippen LogP contribution >= 0.6 is 11.8 Å². The Morgan fingerprint density at radius 2 is 2.08 bits per heavy atom. The molecule has 0 spiro atoms. The third-order valence-electron chi connectivity index (χ3n) is 4.05. The molecule has 3 heterocycles. The summed E-state index contributed by atoms with van der Waals surface area (Å²) in [5.74, 6) is 0.0352. The van der Waals surface area contributed by atoms with Crippen molar-refractivity contribution in [3.05, 3.63) is 22.8 Å². The second kappa shape index (κ2) is 7.96. The molecule has 0 saturated carbocycles. The molecule has 1 aromatic heterocycles. The van der Waals surface area contributed by atoms with E-state index < -0.39 is 23.2 Å². The number of morpholine rings is 1. The van der Waals surface area contributed by atoms with Gasteiger partial charge in [0.1, 0.15) is 11.8 Å². The Morgan fingerprint density at radius 3 is 2.77 bits per heavy atom. The fraction of sp³-hybridized carbons (Fsp3) is 0.471. The van der Waals surface area contributed by atoms with E-state index in [4.69, 9.17) is 13.9 Å². The second-order valence-corrected chi connectivity index (χ2v) is 6.75. The number of thioether (sulfide) groups is 1. The summed E-state index contributed by atoms with van der Waals surface area (Å²) < 4.78 is 16.0. The standard InChI is InChI=1S/C17H20N2O6S/c1-3-24-16(21)11(2)19-15(20)13(26-17(19)22)10-12-4-5-14(25-12)18-6-8-23-9-7-18/h4-5,10-11H,3,6-9H2,1-2H3/b13-10+. The number of imide groups is 1. The summed E-state index contributed by atoms with van der Waals surface area (Å²) >= 11 is 0.782. The van der Waals surface area contributed by atoms with Crippen molar-refractivity contribution in [2.45, 2.75) is 19.9 Å². The summed E-state index contributed by atoms with van der Waals surface area (Å²) in [5.41, 5.74) is 0. The first-order valence-corrected chi connectivity index (χ1v) is 9.19. The molecule has 0 aliphatic carbocycles. The van der Waals surface area contributed by atoms with Crippen LogP contribution in [-0.2, 0) is 19.1 Å². The highest BCUT2D eigenvalue weighted by atomic mass is 32.2. The highest BCUT2D eigenvalue weighted by Gasteiger charge is 2.41. The predicted octanol–water partition coefficient (Wildman–Crippen LogP) is 2.10. The summed E-state index contributed by atoms with van der Waals surface area (Å²) in [6.45, 7) is 6.08. The highest BCUT2D eigenvalue weighted by molar-refractivity contribution is 8.18. The number of anilines is 1. The quantitative estimate of drug-likeness (QED) is 0.567. The number of rotatable bonds is 5. The SMILES string of the molecule is CCOC(=O)C(C)N1C(=O)S/C(=C/c2ccc(N3CCOCC3)o2)C1=O. The lowest BCUT2D eigenvalue weighted by Gasteiger charge is -2.26. The Hall–Kier alpha value is -2.26. The Kier molecular flexibility index (Phi) is 5.67. The number of nitrogens with zero attached hydrogens (tertiary/aromatic N) is 2. The van der Waals surface area contributed by atoms with Gasteiger partial charge in [0.15, 0.2) is 5.88 Å². The normalized spacial score (nSPS) is 20.8. The van der Waals surface area contributed by atoms with E-state index in [1.807, 2.05) is 6.07 Å². The van der Waals surface area contributed by atoms with Gasteiger partial charge < -0.3 is 18.8 Å². The van der Waals surface area contributed by atoms with Crippen LogP contribution in [0.25, 0.3) is 6.08 Å². The van der Waals surface area contributed by atoms with Gasteiger partial charge in [0, 0.05) is 25.2 Å². The second-order valence-electron chi connectivity index (χ2n) is 5.76. The van der Waals surface area contributed by atoms with Crippen LogP contribution in [0.15, 0.2) is 21.5 Å². The maximum Gasteiger partial charge on any atom is 0.329 e. The minimum atomic E-state index is -0.964. The molecule has 0 radical (unpaired) electrons. The van der Waals surface area contributed by atoms with Crippen molar-refractivity contribution in [3.8, 4) is 0 Å². The van der Waals surface area contributed by atoms with Crippen molar-refractivity contribution in [3.63, 3.8) is 0 Å². The third-order valence-corrected chi connectivity index (χ3v) is 4.93. The lowest BCUT2D eigenvalue weighted by atomic mass is 10.3. The van der Waals surface area contributed by atoms with E-state index in [9.17, 15) is 14.4 Å². The van der Waals surface area contributed by atoms with E-state index in [2.05, 4.69) is 4.90 Å². The van der Waals surface area contributed by atoms with Crippen LogP contribution in [0.4, 0.5) is 10.7 Å². The van der Waals surface area contributed by atoms with Crippen molar-refractivity contribution in [2.24, 2.45) is 0 Å². The number of amides is 2. The maximum atomic E-state index is 12.5. The minimum absolute atomic E-state index is 0.186. The van der Waals surface area contributed by atoms with Crippen LogP contribution in [0.3, 0.4) is 0 Å².